The van der Waals surface area contributed by atoms with Crippen molar-refractivity contribution in [3.8, 4) is 0 Å². The Morgan fingerprint density at radius 3 is 2.62 bits per heavy atom. The Balaban J connectivity index is 2.99. The van der Waals surface area contributed by atoms with Crippen LogP contribution in [0.3, 0.4) is 0 Å². The Bertz CT molecular complexity index is 66.8. The van der Waals surface area contributed by atoms with E-state index in [1.165, 1.54) is 12.8 Å². The minimum absolute atomic E-state index is 0.625. The van der Waals surface area contributed by atoms with Crippen LogP contribution in [0.2, 0.25) is 0 Å². The Morgan fingerprint density at radius 2 is 2.25 bits per heavy atom. The molecule has 0 atom stereocenters. The van der Waals surface area contributed by atoms with Crippen molar-refractivity contribution in [3.05, 3.63) is 12.2 Å². The molecule has 0 fully saturated rings. The van der Waals surface area contributed by atoms with Gasteiger partial charge in [0.15, 0.2) is 0 Å². The van der Waals surface area contributed by atoms with E-state index in [0.717, 1.165) is 12.0 Å². The van der Waals surface area contributed by atoms with Crippen LogP contribution in [0.5, 0.6) is 0 Å². The topological polar surface area (TPSA) is 0 Å². The zero-order valence-corrected chi connectivity index (χ0v) is 6.17. The molecule has 0 aliphatic rings. The number of hydrogen-bond donors (Lipinski definition) is 0. The van der Waals surface area contributed by atoms with Gasteiger partial charge in [-0.25, -0.2) is 0 Å². The van der Waals surface area contributed by atoms with Crippen molar-refractivity contribution in [2.45, 2.75) is 26.2 Å². The maximum absolute atomic E-state index is 5.49. The van der Waals surface area contributed by atoms with Crippen LogP contribution in [0.15, 0.2) is 12.2 Å². The summed E-state index contributed by atoms with van der Waals surface area (Å²) >= 11 is 5.49. The van der Waals surface area contributed by atoms with E-state index in [4.69, 9.17) is 11.6 Å². The SMILES string of the molecule is C=C(CCl)CCCC. The molecule has 0 spiro atoms. The number of unbranched alkanes of at least 4 members (excludes halogenated alkanes) is 1. The van der Waals surface area contributed by atoms with Crippen LogP contribution < -0.4 is 0 Å². The van der Waals surface area contributed by atoms with Gasteiger partial charge in [0.2, 0.25) is 0 Å². The average molecular weight is 133 g/mol. The quantitative estimate of drug-likeness (QED) is 0.408. The molecular formula is C7H13Cl. The van der Waals surface area contributed by atoms with Gasteiger partial charge in [-0.05, 0) is 12.8 Å². The molecule has 8 heavy (non-hydrogen) atoms. The Morgan fingerprint density at radius 1 is 1.62 bits per heavy atom. The fraction of sp³-hybridized carbons (Fsp3) is 0.714. The van der Waals surface area contributed by atoms with Gasteiger partial charge in [0.1, 0.15) is 0 Å². The molecule has 0 aliphatic carbocycles. The van der Waals surface area contributed by atoms with Crippen LogP contribution >= 0.6 is 11.6 Å². The standard InChI is InChI=1S/C7H13Cl/c1-3-4-5-7(2)6-8/h2-6H2,1H3. The second kappa shape index (κ2) is 5.17. The van der Waals surface area contributed by atoms with Crippen molar-refractivity contribution in [3.63, 3.8) is 0 Å². The summed E-state index contributed by atoms with van der Waals surface area (Å²) in [5.74, 6) is 0.625. The second-order valence-corrected chi connectivity index (χ2v) is 2.25. The molecule has 0 amide bonds. The molecule has 0 aliphatic heterocycles. The molecule has 48 valence electrons. The number of rotatable bonds is 4. The Hall–Kier alpha value is 0.0300. The molecule has 0 saturated heterocycles. The van der Waals surface area contributed by atoms with Crippen molar-refractivity contribution < 1.29 is 0 Å². The van der Waals surface area contributed by atoms with Gasteiger partial charge in [-0.2, -0.15) is 0 Å². The first-order valence-electron chi connectivity index (χ1n) is 3.04. The minimum Gasteiger partial charge on any atom is -0.122 e. The van der Waals surface area contributed by atoms with Crippen LogP contribution in [0.1, 0.15) is 26.2 Å². The summed E-state index contributed by atoms with van der Waals surface area (Å²) in [6.07, 6.45) is 3.56. The summed E-state index contributed by atoms with van der Waals surface area (Å²) in [6.45, 7) is 5.95. The highest BCUT2D eigenvalue weighted by atomic mass is 35.5. The molecule has 1 heteroatoms. The zero-order chi connectivity index (χ0) is 6.41. The predicted molar refractivity (Wildman–Crippen MR) is 39.4 cm³/mol. The number of hydrogen-bond acceptors (Lipinski definition) is 0. The molecule has 0 rings (SSSR count). The fourth-order valence-electron chi connectivity index (χ4n) is 0.494. The van der Waals surface area contributed by atoms with Crippen molar-refractivity contribution >= 4 is 11.6 Å². The lowest BCUT2D eigenvalue weighted by atomic mass is 10.2. The lowest BCUT2D eigenvalue weighted by Crippen LogP contribution is -1.80. The first-order valence-corrected chi connectivity index (χ1v) is 3.57. The average Bonchev–Trinajstić information content (AvgIpc) is 1.83. The molecule has 0 aromatic heterocycles. The predicted octanol–water partition coefficient (Wildman–Crippen LogP) is 2.97. The van der Waals surface area contributed by atoms with Crippen molar-refractivity contribution in [2.75, 3.05) is 5.88 Å². The molecule has 0 aromatic carbocycles. The van der Waals surface area contributed by atoms with Gasteiger partial charge in [-0.15, -0.1) is 11.6 Å². The van der Waals surface area contributed by atoms with Crippen LogP contribution in [0.4, 0.5) is 0 Å². The molecule has 0 saturated carbocycles. The molecule has 0 radical (unpaired) electrons. The van der Waals surface area contributed by atoms with Gasteiger partial charge < -0.3 is 0 Å². The van der Waals surface area contributed by atoms with E-state index in [1.54, 1.807) is 0 Å². The third kappa shape index (κ3) is 4.20. The van der Waals surface area contributed by atoms with Gasteiger partial charge in [0, 0.05) is 5.88 Å². The van der Waals surface area contributed by atoms with Gasteiger partial charge in [0.25, 0.3) is 0 Å². The highest BCUT2D eigenvalue weighted by molar-refractivity contribution is 6.19. The zero-order valence-electron chi connectivity index (χ0n) is 5.41. The highest BCUT2D eigenvalue weighted by Gasteiger charge is 1.88. The van der Waals surface area contributed by atoms with E-state index in [2.05, 4.69) is 13.5 Å². The third-order valence-corrected chi connectivity index (χ3v) is 1.45. The van der Waals surface area contributed by atoms with E-state index in [0.29, 0.717) is 5.88 Å². The summed E-state index contributed by atoms with van der Waals surface area (Å²) in [6, 6.07) is 0. The van der Waals surface area contributed by atoms with Crippen molar-refractivity contribution in [1.82, 2.24) is 0 Å². The van der Waals surface area contributed by atoms with Crippen LogP contribution in [-0.2, 0) is 0 Å². The lowest BCUT2D eigenvalue weighted by Gasteiger charge is -1.95. The molecule has 0 N–H and O–H groups in total. The van der Waals surface area contributed by atoms with E-state index in [-0.39, 0.29) is 0 Å². The van der Waals surface area contributed by atoms with Gasteiger partial charge in [-0.1, -0.05) is 25.5 Å². The monoisotopic (exact) mass is 132 g/mol. The third-order valence-electron chi connectivity index (χ3n) is 1.07. The Kier molecular flexibility index (Phi) is 5.19. The van der Waals surface area contributed by atoms with Gasteiger partial charge in [0.05, 0.1) is 0 Å². The number of alkyl halides is 1. The largest absolute Gasteiger partial charge is 0.122 e. The molecule has 0 nitrogen and oxygen atoms in total. The maximum atomic E-state index is 5.49. The molecule has 0 unspecified atom stereocenters. The van der Waals surface area contributed by atoms with E-state index in [9.17, 15) is 0 Å². The summed E-state index contributed by atoms with van der Waals surface area (Å²) in [7, 11) is 0. The smallest absolute Gasteiger partial charge is 0.0430 e. The molecule has 0 aromatic rings. The molecule has 0 bridgehead atoms. The van der Waals surface area contributed by atoms with E-state index >= 15 is 0 Å². The van der Waals surface area contributed by atoms with Crippen molar-refractivity contribution in [2.24, 2.45) is 0 Å². The van der Waals surface area contributed by atoms with E-state index < -0.39 is 0 Å². The first kappa shape index (κ1) is 8.03. The fourth-order valence-corrected chi connectivity index (χ4v) is 0.627. The normalized spacial score (nSPS) is 9.25. The summed E-state index contributed by atoms with van der Waals surface area (Å²) < 4.78 is 0. The first-order chi connectivity index (χ1) is 3.81. The number of allylic oxidation sites excluding steroid dienone is 1. The van der Waals surface area contributed by atoms with E-state index in [1.807, 2.05) is 0 Å². The van der Waals surface area contributed by atoms with Crippen LogP contribution in [0.25, 0.3) is 0 Å². The summed E-state index contributed by atoms with van der Waals surface area (Å²) in [5.41, 5.74) is 1.16. The van der Waals surface area contributed by atoms with Gasteiger partial charge >= 0.3 is 0 Å². The van der Waals surface area contributed by atoms with Crippen LogP contribution in [0, 0.1) is 0 Å². The van der Waals surface area contributed by atoms with Gasteiger partial charge in [-0.3, -0.25) is 0 Å². The number of halogens is 1. The summed E-state index contributed by atoms with van der Waals surface area (Å²) in [5, 5.41) is 0. The summed E-state index contributed by atoms with van der Waals surface area (Å²) in [4.78, 5) is 0. The molecular weight excluding hydrogens is 120 g/mol. The maximum Gasteiger partial charge on any atom is 0.0430 e. The highest BCUT2D eigenvalue weighted by Crippen LogP contribution is 2.05. The minimum atomic E-state index is 0.625. The van der Waals surface area contributed by atoms with Crippen molar-refractivity contribution in [1.29, 1.82) is 0 Å². The Labute approximate surface area is 56.5 Å². The second-order valence-electron chi connectivity index (χ2n) is 1.99. The lowest BCUT2D eigenvalue weighted by molar-refractivity contribution is 0.790. The molecule has 0 heterocycles. The van der Waals surface area contributed by atoms with Crippen LogP contribution in [-0.4, -0.2) is 5.88 Å².